The SMILES string of the molecule is C[Si](C)(C)O[C@@H]1[C@@H](O[Si](C)(C)C)[C@H](O[C@@H]2O[C@H](COP(=O)(Oc3ccccc3)Oc3ccccc3)[C@@H](O[Si](C)(C)C)[C@H](O[Si](C)(C)C)[C@H]2O[Si](C)(C)C)O[C@H](CO)[C@H]1O[Si](C)(C)C. The van der Waals surface area contributed by atoms with E-state index in [1.165, 1.54) is 0 Å². The van der Waals surface area contributed by atoms with E-state index in [0.29, 0.717) is 11.5 Å². The average molecular weight is 1010 g/mol. The number of aliphatic hydroxyl groups is 1. The zero-order valence-corrected chi connectivity index (χ0v) is 48.1. The first-order valence-corrected chi connectivity index (χ1v) is 44.0. The largest absolute Gasteiger partial charge is 0.587 e. The van der Waals surface area contributed by atoms with Crippen LogP contribution in [-0.4, -0.2) is 130 Å². The minimum absolute atomic E-state index is 0.300. The molecule has 2 heterocycles. The Labute approximate surface area is 384 Å². The van der Waals surface area contributed by atoms with Crippen LogP contribution >= 0.6 is 7.82 Å². The molecule has 2 aromatic carbocycles. The molecule has 0 unspecified atom stereocenters. The molecule has 4 rings (SSSR count). The van der Waals surface area contributed by atoms with Crippen LogP contribution in [0.1, 0.15) is 0 Å². The third-order valence-corrected chi connectivity index (χ3v) is 16.1. The highest BCUT2D eigenvalue weighted by atomic mass is 31.2. The van der Waals surface area contributed by atoms with Crippen molar-refractivity contribution in [1.29, 1.82) is 0 Å². The summed E-state index contributed by atoms with van der Waals surface area (Å²) in [5.74, 6) is 0.600. The first-order chi connectivity index (χ1) is 28.7. The van der Waals surface area contributed by atoms with Crippen LogP contribution in [0.25, 0.3) is 0 Å². The Morgan fingerprint density at radius 1 is 0.460 bits per heavy atom. The Morgan fingerprint density at radius 2 is 0.762 bits per heavy atom. The number of ether oxygens (including phenoxy) is 3. The summed E-state index contributed by atoms with van der Waals surface area (Å²) in [6.07, 6.45) is -8.35. The Balaban J connectivity index is 1.88. The molecule has 14 nitrogen and oxygen atoms in total. The monoisotopic (exact) mass is 1010 g/mol. The van der Waals surface area contributed by atoms with Crippen molar-refractivity contribution in [3.8, 4) is 11.5 Å². The Bertz CT molecular complexity index is 1700. The molecule has 21 heteroatoms. The lowest BCUT2D eigenvalue weighted by atomic mass is 9.98. The molecule has 0 aliphatic carbocycles. The van der Waals surface area contributed by atoms with E-state index in [9.17, 15) is 9.67 Å². The van der Waals surface area contributed by atoms with Gasteiger partial charge >= 0.3 is 7.82 Å². The molecule has 0 saturated carbocycles. The first kappa shape index (κ1) is 54.7. The smallest absolute Gasteiger partial charge is 0.409 e. The standard InChI is InChI=1S/C42H79O14PSi6/c1-58(2,3)51-35-33(29-43)46-41(39(55-62(13,14)15)37(35)53-60(7,8)9)48-42-40(56-63(16,17)18)38(54-61(10,11)12)36(52-59(4,5)6)34(47-42)30-45-57(44,49-31-25-21-19-22-26-31)50-32-27-23-20-24-28-32/h19-28,33-43H,29-30H2,1-18H3/t33-,34-,35-,36-,37+,38+,39-,40-,41+,42+/m1/s1. The maximum Gasteiger partial charge on any atom is 0.587 e. The normalized spacial score (nSPS) is 28.2. The second-order valence-corrected chi connectivity index (χ2v) is 50.4. The quantitative estimate of drug-likeness (QED) is 0.0881. The highest BCUT2D eigenvalue weighted by Crippen LogP contribution is 2.50. The van der Waals surface area contributed by atoms with E-state index in [2.05, 4.69) is 118 Å². The van der Waals surface area contributed by atoms with Crippen molar-refractivity contribution >= 4 is 57.7 Å². The summed E-state index contributed by atoms with van der Waals surface area (Å²) < 4.78 is 96.1. The summed E-state index contributed by atoms with van der Waals surface area (Å²) in [4.78, 5) is 0. The van der Waals surface area contributed by atoms with E-state index >= 15 is 0 Å². The van der Waals surface area contributed by atoms with Gasteiger partial charge in [0.05, 0.1) is 13.2 Å². The van der Waals surface area contributed by atoms with Gasteiger partial charge < -0.3 is 54.9 Å². The van der Waals surface area contributed by atoms with Crippen molar-refractivity contribution in [3.05, 3.63) is 60.7 Å². The molecule has 2 aliphatic rings. The van der Waals surface area contributed by atoms with Crippen LogP contribution in [0.4, 0.5) is 0 Å². The van der Waals surface area contributed by atoms with E-state index in [1.54, 1.807) is 48.5 Å². The molecule has 2 aromatic rings. The van der Waals surface area contributed by atoms with Crippen LogP contribution in [0.2, 0.25) is 118 Å². The molecule has 0 amide bonds. The molecule has 2 fully saturated rings. The molecular formula is C42H79O14PSi6. The van der Waals surface area contributed by atoms with Crippen LogP contribution in [0, 0.1) is 0 Å². The predicted molar refractivity (Wildman–Crippen MR) is 263 cm³/mol. The minimum atomic E-state index is -4.38. The highest BCUT2D eigenvalue weighted by molar-refractivity contribution is 7.49. The number of benzene rings is 2. The predicted octanol–water partition coefficient (Wildman–Crippen LogP) is 10.0. The van der Waals surface area contributed by atoms with Crippen molar-refractivity contribution in [2.45, 2.75) is 179 Å². The first-order valence-electron chi connectivity index (χ1n) is 22.1. The summed E-state index contributed by atoms with van der Waals surface area (Å²) >= 11 is 0. The molecule has 1 N–H and O–H groups in total. The van der Waals surface area contributed by atoms with Crippen molar-refractivity contribution in [1.82, 2.24) is 0 Å². The summed E-state index contributed by atoms with van der Waals surface area (Å²) in [7, 11) is -18.4. The maximum absolute atomic E-state index is 14.8. The third-order valence-electron chi connectivity index (χ3n) is 8.89. The maximum atomic E-state index is 14.8. The number of phosphoric acid groups is 1. The molecule has 63 heavy (non-hydrogen) atoms. The van der Waals surface area contributed by atoms with Gasteiger partial charge in [-0.15, -0.1) is 0 Å². The number of para-hydroxylation sites is 2. The number of hydrogen-bond acceptors (Lipinski definition) is 14. The zero-order chi connectivity index (χ0) is 47.4. The van der Waals surface area contributed by atoms with Crippen LogP contribution in [-0.2, 0) is 49.9 Å². The fourth-order valence-corrected chi connectivity index (χ4v) is 14.8. The van der Waals surface area contributed by atoms with Gasteiger partial charge in [-0.1, -0.05) is 36.4 Å². The third kappa shape index (κ3) is 18.6. The van der Waals surface area contributed by atoms with Crippen LogP contribution in [0.5, 0.6) is 11.5 Å². The fourth-order valence-electron chi connectivity index (χ4n) is 7.10. The molecular weight excluding hydrogens is 928 g/mol. The minimum Gasteiger partial charge on any atom is -0.409 e. The van der Waals surface area contributed by atoms with E-state index in [4.69, 9.17) is 54.3 Å². The van der Waals surface area contributed by atoms with Gasteiger partial charge in [0.2, 0.25) is 0 Å². The molecule has 0 radical (unpaired) electrons. The van der Waals surface area contributed by atoms with E-state index in [1.807, 2.05) is 12.1 Å². The summed E-state index contributed by atoms with van der Waals surface area (Å²) in [6, 6.07) is 17.5. The fraction of sp³-hybridized carbons (Fsp3) is 0.714. The zero-order valence-electron chi connectivity index (χ0n) is 41.2. The second-order valence-electron chi connectivity index (χ2n) is 22.1. The average Bonchev–Trinajstić information content (AvgIpc) is 3.10. The Kier molecular flexibility index (Phi) is 18.8. The van der Waals surface area contributed by atoms with Crippen molar-refractivity contribution in [3.63, 3.8) is 0 Å². The number of hydrogen-bond donors (Lipinski definition) is 1. The van der Waals surface area contributed by atoms with Crippen LogP contribution in [0.15, 0.2) is 60.7 Å². The number of phosphoric ester groups is 1. The van der Waals surface area contributed by atoms with Crippen molar-refractivity contribution in [2.75, 3.05) is 13.2 Å². The Hall–Kier alpha value is -0.869. The van der Waals surface area contributed by atoms with Gasteiger partial charge in [0.25, 0.3) is 0 Å². The number of aliphatic hydroxyl groups excluding tert-OH is 1. The lowest BCUT2D eigenvalue weighted by molar-refractivity contribution is -0.368. The number of rotatable bonds is 22. The molecule has 0 spiro atoms. The van der Waals surface area contributed by atoms with Gasteiger partial charge in [0.1, 0.15) is 60.3 Å². The topological polar surface area (TPSA) is 148 Å². The molecule has 10 atom stereocenters. The summed E-state index contributed by atoms with van der Waals surface area (Å²) in [5.41, 5.74) is 0. The van der Waals surface area contributed by atoms with Gasteiger partial charge in [-0.25, -0.2) is 4.57 Å². The van der Waals surface area contributed by atoms with E-state index in [0.717, 1.165) is 0 Å². The molecule has 0 bridgehead atoms. The van der Waals surface area contributed by atoms with Gasteiger partial charge in [-0.2, -0.15) is 0 Å². The van der Waals surface area contributed by atoms with Gasteiger partial charge in [-0.05, 0) is 142 Å². The highest BCUT2D eigenvalue weighted by Gasteiger charge is 2.57. The lowest BCUT2D eigenvalue weighted by Gasteiger charge is -2.53. The van der Waals surface area contributed by atoms with Gasteiger partial charge in [-0.3, -0.25) is 4.52 Å². The molecule has 2 aliphatic heterocycles. The van der Waals surface area contributed by atoms with Crippen molar-refractivity contribution in [2.24, 2.45) is 0 Å². The van der Waals surface area contributed by atoms with Crippen molar-refractivity contribution < 1.29 is 64.0 Å². The summed E-state index contributed by atoms with van der Waals surface area (Å²) in [5, 5.41) is 11.0. The Morgan fingerprint density at radius 3 is 1.10 bits per heavy atom. The van der Waals surface area contributed by atoms with E-state index < -0.39 is 119 Å². The molecule has 2 saturated heterocycles. The summed E-state index contributed by atoms with van der Waals surface area (Å²) in [6.45, 7) is 37.3. The molecule has 360 valence electrons. The van der Waals surface area contributed by atoms with E-state index in [-0.39, 0.29) is 13.2 Å². The van der Waals surface area contributed by atoms with Gasteiger partial charge in [0.15, 0.2) is 62.5 Å². The lowest BCUT2D eigenvalue weighted by Crippen LogP contribution is -2.69. The van der Waals surface area contributed by atoms with Crippen LogP contribution < -0.4 is 9.05 Å². The molecule has 0 aromatic heterocycles. The second kappa shape index (κ2) is 21.6. The van der Waals surface area contributed by atoms with Gasteiger partial charge in [0, 0.05) is 0 Å². The van der Waals surface area contributed by atoms with Crippen LogP contribution in [0.3, 0.4) is 0 Å².